The number of methoxy groups -OCH3 is 1. The van der Waals surface area contributed by atoms with Gasteiger partial charge in [-0.25, -0.2) is 9.37 Å². The number of ether oxygens (including phenoxy) is 3. The van der Waals surface area contributed by atoms with Crippen LogP contribution in [-0.2, 0) is 15.9 Å². The number of hydrogen-bond acceptors (Lipinski definition) is 6. The van der Waals surface area contributed by atoms with Crippen molar-refractivity contribution in [2.24, 2.45) is 0 Å². The minimum absolute atomic E-state index is 0.00669. The summed E-state index contributed by atoms with van der Waals surface area (Å²) in [4.78, 5) is 5.58. The molecule has 1 aromatic carbocycles. The molecule has 5 rings (SSSR count). The van der Waals surface area contributed by atoms with Gasteiger partial charge in [-0.1, -0.05) is 0 Å². The lowest BCUT2D eigenvalue weighted by Crippen LogP contribution is -2.08. The van der Waals surface area contributed by atoms with Crippen molar-refractivity contribution >= 4 is 27.2 Å². The molecule has 1 fully saturated rings. The van der Waals surface area contributed by atoms with Gasteiger partial charge in [-0.15, -0.1) is 11.3 Å². The van der Waals surface area contributed by atoms with E-state index in [0.717, 1.165) is 44.7 Å². The summed E-state index contributed by atoms with van der Waals surface area (Å²) in [5.41, 5.74) is 2.02. The average molecular weight is 386 g/mol. The Hall–Kier alpha value is -2.22. The van der Waals surface area contributed by atoms with Crippen molar-refractivity contribution < 1.29 is 18.6 Å². The van der Waals surface area contributed by atoms with Gasteiger partial charge in [0.25, 0.3) is 0 Å². The Morgan fingerprint density at radius 3 is 2.93 bits per heavy atom. The Bertz CT molecular complexity index is 1000. The van der Waals surface area contributed by atoms with E-state index in [0.29, 0.717) is 19.0 Å². The van der Waals surface area contributed by atoms with Gasteiger partial charge in [-0.3, -0.25) is 0 Å². The van der Waals surface area contributed by atoms with Crippen LogP contribution in [0.3, 0.4) is 0 Å². The SMILES string of the molecule is COc1cc(F)cc2c1CC[C@H]2Nc1nccc2cc(C3OCCO3)sc12. The van der Waals surface area contributed by atoms with Crippen LogP contribution in [-0.4, -0.2) is 25.3 Å². The first kappa shape index (κ1) is 16.9. The molecule has 2 aromatic heterocycles. The van der Waals surface area contributed by atoms with Gasteiger partial charge in [0.1, 0.15) is 17.4 Å². The lowest BCUT2D eigenvalue weighted by atomic mass is 10.1. The summed E-state index contributed by atoms with van der Waals surface area (Å²) in [7, 11) is 1.58. The molecule has 1 saturated heterocycles. The number of aromatic nitrogens is 1. The number of hydrogen-bond donors (Lipinski definition) is 1. The van der Waals surface area contributed by atoms with Gasteiger partial charge in [0.15, 0.2) is 6.29 Å². The lowest BCUT2D eigenvalue weighted by molar-refractivity contribution is -0.0412. The summed E-state index contributed by atoms with van der Waals surface area (Å²) >= 11 is 1.62. The van der Waals surface area contributed by atoms with Crippen LogP contribution in [0.25, 0.3) is 10.1 Å². The Labute approximate surface area is 160 Å². The third-order valence-corrected chi connectivity index (χ3v) is 6.28. The predicted molar refractivity (Wildman–Crippen MR) is 102 cm³/mol. The number of nitrogens with zero attached hydrogens (tertiary/aromatic N) is 1. The second-order valence-electron chi connectivity index (χ2n) is 6.71. The normalized spacial score (nSPS) is 19.6. The van der Waals surface area contributed by atoms with Gasteiger partial charge in [0.05, 0.1) is 35.9 Å². The van der Waals surface area contributed by atoms with Gasteiger partial charge in [-0.05, 0) is 47.6 Å². The Balaban J connectivity index is 1.49. The molecule has 2 aliphatic rings. The van der Waals surface area contributed by atoms with Crippen molar-refractivity contribution in [1.29, 1.82) is 0 Å². The Morgan fingerprint density at radius 2 is 2.11 bits per heavy atom. The summed E-state index contributed by atoms with van der Waals surface area (Å²) in [5.74, 6) is 1.15. The zero-order valence-electron chi connectivity index (χ0n) is 14.8. The fourth-order valence-electron chi connectivity index (χ4n) is 3.88. The molecule has 1 N–H and O–H groups in total. The first-order valence-electron chi connectivity index (χ1n) is 8.97. The Morgan fingerprint density at radius 1 is 1.26 bits per heavy atom. The largest absolute Gasteiger partial charge is 0.496 e. The van der Waals surface area contributed by atoms with E-state index in [1.54, 1.807) is 30.7 Å². The molecular weight excluding hydrogens is 367 g/mol. The molecule has 3 aromatic rings. The van der Waals surface area contributed by atoms with Crippen LogP contribution in [0.15, 0.2) is 30.5 Å². The number of rotatable bonds is 4. The molecular formula is C20H19FN2O3S. The van der Waals surface area contributed by atoms with Gasteiger partial charge in [-0.2, -0.15) is 0 Å². The van der Waals surface area contributed by atoms with E-state index in [4.69, 9.17) is 14.2 Å². The van der Waals surface area contributed by atoms with Crippen LogP contribution < -0.4 is 10.1 Å². The van der Waals surface area contributed by atoms with Crippen molar-refractivity contribution in [2.45, 2.75) is 25.2 Å². The number of halogens is 1. The second kappa shape index (κ2) is 6.74. The lowest BCUT2D eigenvalue weighted by Gasteiger charge is -2.16. The number of thiophene rings is 1. The molecule has 1 aliphatic heterocycles. The minimum atomic E-state index is -0.291. The van der Waals surface area contributed by atoms with Crippen molar-refractivity contribution in [1.82, 2.24) is 4.98 Å². The average Bonchev–Trinajstić information content (AvgIpc) is 3.40. The number of benzene rings is 1. The third kappa shape index (κ3) is 2.96. The van der Waals surface area contributed by atoms with Crippen LogP contribution in [0.4, 0.5) is 10.2 Å². The van der Waals surface area contributed by atoms with Gasteiger partial charge >= 0.3 is 0 Å². The molecule has 0 spiro atoms. The quantitative estimate of drug-likeness (QED) is 0.711. The van der Waals surface area contributed by atoms with E-state index < -0.39 is 0 Å². The summed E-state index contributed by atoms with van der Waals surface area (Å²) < 4.78 is 31.7. The first-order chi connectivity index (χ1) is 13.2. The van der Waals surface area contributed by atoms with E-state index in [-0.39, 0.29) is 18.1 Å². The van der Waals surface area contributed by atoms with Crippen LogP contribution in [0.5, 0.6) is 5.75 Å². The molecule has 27 heavy (non-hydrogen) atoms. The molecule has 0 radical (unpaired) electrons. The molecule has 0 amide bonds. The Kier molecular flexibility index (Phi) is 4.22. The van der Waals surface area contributed by atoms with Gasteiger partial charge < -0.3 is 19.5 Å². The summed E-state index contributed by atoms with van der Waals surface area (Å²) in [6.07, 6.45) is 3.23. The fourth-order valence-corrected chi connectivity index (χ4v) is 4.98. The van der Waals surface area contributed by atoms with Crippen LogP contribution in [0, 0.1) is 5.82 Å². The molecule has 1 aliphatic carbocycles. The monoisotopic (exact) mass is 386 g/mol. The highest BCUT2D eigenvalue weighted by Gasteiger charge is 2.28. The first-order valence-corrected chi connectivity index (χ1v) is 9.79. The van der Waals surface area contributed by atoms with E-state index >= 15 is 0 Å². The van der Waals surface area contributed by atoms with E-state index in [1.165, 1.54) is 6.07 Å². The molecule has 0 unspecified atom stereocenters. The highest BCUT2D eigenvalue weighted by Crippen LogP contribution is 2.42. The van der Waals surface area contributed by atoms with Crippen LogP contribution in [0.1, 0.15) is 34.8 Å². The number of pyridine rings is 1. The predicted octanol–water partition coefficient (Wildman–Crippen LogP) is 4.59. The molecule has 3 heterocycles. The topological polar surface area (TPSA) is 52.6 Å². The third-order valence-electron chi connectivity index (χ3n) is 5.10. The summed E-state index contributed by atoms with van der Waals surface area (Å²) in [6, 6.07) is 7.14. The summed E-state index contributed by atoms with van der Waals surface area (Å²) in [5, 5.41) is 4.62. The van der Waals surface area contributed by atoms with E-state index in [9.17, 15) is 4.39 Å². The molecule has 1 atom stereocenters. The van der Waals surface area contributed by atoms with Crippen LogP contribution in [0.2, 0.25) is 0 Å². The smallest absolute Gasteiger partial charge is 0.193 e. The number of fused-ring (bicyclic) bond motifs is 2. The zero-order valence-corrected chi connectivity index (χ0v) is 15.6. The van der Waals surface area contributed by atoms with Crippen molar-refractivity contribution in [2.75, 3.05) is 25.6 Å². The maximum atomic E-state index is 14.0. The zero-order chi connectivity index (χ0) is 18.4. The maximum Gasteiger partial charge on any atom is 0.193 e. The van der Waals surface area contributed by atoms with Crippen molar-refractivity contribution in [3.05, 3.63) is 52.3 Å². The fraction of sp³-hybridized carbons (Fsp3) is 0.350. The van der Waals surface area contributed by atoms with E-state index in [1.807, 2.05) is 6.07 Å². The molecule has 140 valence electrons. The second-order valence-corrected chi connectivity index (χ2v) is 7.80. The van der Waals surface area contributed by atoms with Crippen LogP contribution >= 0.6 is 11.3 Å². The molecule has 0 saturated carbocycles. The maximum absolute atomic E-state index is 14.0. The van der Waals surface area contributed by atoms with Gasteiger partial charge in [0.2, 0.25) is 0 Å². The number of nitrogens with one attached hydrogen (secondary N) is 1. The van der Waals surface area contributed by atoms with Gasteiger partial charge in [0, 0.05) is 12.3 Å². The number of anilines is 1. The molecule has 5 nitrogen and oxygen atoms in total. The molecule has 0 bridgehead atoms. The van der Waals surface area contributed by atoms with Crippen molar-refractivity contribution in [3.8, 4) is 5.75 Å². The highest BCUT2D eigenvalue weighted by molar-refractivity contribution is 7.19. The van der Waals surface area contributed by atoms with Crippen molar-refractivity contribution in [3.63, 3.8) is 0 Å². The minimum Gasteiger partial charge on any atom is -0.496 e. The standard InChI is InChI=1S/C20H19FN2O3S/c1-24-16-10-12(21)9-14-13(16)2-3-15(14)23-19-18-11(4-5-22-19)8-17(27-18)20-25-6-7-26-20/h4-5,8-10,15,20H,2-3,6-7H2,1H3,(H,22,23)/t15-/m1/s1. The molecule has 7 heteroatoms. The summed E-state index contributed by atoms with van der Waals surface area (Å²) in [6.45, 7) is 1.24. The van der Waals surface area contributed by atoms with E-state index in [2.05, 4.69) is 16.4 Å². The highest BCUT2D eigenvalue weighted by atomic mass is 32.1.